The van der Waals surface area contributed by atoms with Gasteiger partial charge in [-0.05, 0) is 6.42 Å². The van der Waals surface area contributed by atoms with Gasteiger partial charge in [0.15, 0.2) is 5.25 Å². The fraction of sp³-hybridized carbons (Fsp3) is 0.875. The lowest BCUT2D eigenvalue weighted by Crippen LogP contribution is -2.36. The first-order valence-corrected chi connectivity index (χ1v) is 10.2. The third-order valence-electron chi connectivity index (χ3n) is 3.86. The molecule has 0 bridgehead atoms. The standard InChI is InChI=1S/C16H31NO6S/c1-2-3-4-5-6-7-8-9-10-11-12-17-15(18)13-14(16(19)20)24(21,22)23/h14H,2-13H2,1H3,(H,17,18)(H,19,20)(H,21,22,23). The SMILES string of the molecule is CCCCCCCCCCCCNC(=O)CC(C(=O)O)S(=O)(=O)O. The summed E-state index contributed by atoms with van der Waals surface area (Å²) in [7, 11) is -4.77. The molecule has 0 saturated carbocycles. The van der Waals surface area contributed by atoms with E-state index in [1.807, 2.05) is 0 Å². The summed E-state index contributed by atoms with van der Waals surface area (Å²) < 4.78 is 30.5. The van der Waals surface area contributed by atoms with Gasteiger partial charge in [-0.3, -0.25) is 14.1 Å². The number of hydrogen-bond donors (Lipinski definition) is 3. The highest BCUT2D eigenvalue weighted by atomic mass is 32.2. The lowest BCUT2D eigenvalue weighted by atomic mass is 10.1. The number of hydrogen-bond acceptors (Lipinski definition) is 4. The summed E-state index contributed by atoms with van der Waals surface area (Å²) in [5.41, 5.74) is 0. The van der Waals surface area contributed by atoms with Crippen molar-refractivity contribution in [2.45, 2.75) is 82.8 Å². The molecule has 7 nitrogen and oxygen atoms in total. The molecular weight excluding hydrogens is 334 g/mol. The Hall–Kier alpha value is -1.15. The van der Waals surface area contributed by atoms with E-state index in [9.17, 15) is 18.0 Å². The average Bonchev–Trinajstić information content (AvgIpc) is 2.48. The van der Waals surface area contributed by atoms with Gasteiger partial charge in [0.1, 0.15) is 0 Å². The number of rotatable bonds is 15. The quantitative estimate of drug-likeness (QED) is 0.303. The maximum absolute atomic E-state index is 11.5. The molecule has 0 radical (unpaired) electrons. The van der Waals surface area contributed by atoms with Crippen molar-refractivity contribution in [1.29, 1.82) is 0 Å². The fourth-order valence-corrected chi connectivity index (χ4v) is 3.02. The summed E-state index contributed by atoms with van der Waals surface area (Å²) in [6.07, 6.45) is 10.9. The topological polar surface area (TPSA) is 121 Å². The monoisotopic (exact) mass is 365 g/mol. The van der Waals surface area contributed by atoms with Gasteiger partial charge in [0.05, 0.1) is 6.42 Å². The van der Waals surface area contributed by atoms with Crippen LogP contribution < -0.4 is 5.32 Å². The molecule has 0 aliphatic rings. The Morgan fingerprint density at radius 1 is 0.917 bits per heavy atom. The summed E-state index contributed by atoms with van der Waals surface area (Å²) in [5, 5.41) is 9.08. The van der Waals surface area contributed by atoms with Crippen LogP contribution in [0.2, 0.25) is 0 Å². The number of nitrogens with one attached hydrogen (secondary N) is 1. The minimum Gasteiger partial charge on any atom is -0.480 e. The van der Waals surface area contributed by atoms with Crippen molar-refractivity contribution in [3.63, 3.8) is 0 Å². The van der Waals surface area contributed by atoms with Crippen molar-refractivity contribution in [2.24, 2.45) is 0 Å². The first kappa shape index (κ1) is 22.9. The highest BCUT2D eigenvalue weighted by Gasteiger charge is 2.33. The molecule has 0 aromatic carbocycles. The predicted octanol–water partition coefficient (Wildman–Crippen LogP) is 2.75. The van der Waals surface area contributed by atoms with Crippen LogP contribution in [0.1, 0.15) is 77.6 Å². The Morgan fingerprint density at radius 3 is 1.79 bits per heavy atom. The van der Waals surface area contributed by atoms with E-state index in [0.717, 1.165) is 19.3 Å². The summed E-state index contributed by atoms with van der Waals surface area (Å²) in [6.45, 7) is 2.58. The molecule has 0 aromatic rings. The van der Waals surface area contributed by atoms with Gasteiger partial charge in [0.25, 0.3) is 10.1 Å². The van der Waals surface area contributed by atoms with Gasteiger partial charge < -0.3 is 10.4 Å². The number of carboxylic acids is 1. The molecule has 3 N–H and O–H groups in total. The van der Waals surface area contributed by atoms with Crippen molar-refractivity contribution in [2.75, 3.05) is 6.54 Å². The van der Waals surface area contributed by atoms with E-state index in [2.05, 4.69) is 12.2 Å². The minimum atomic E-state index is -4.77. The lowest BCUT2D eigenvalue weighted by molar-refractivity contribution is -0.138. The van der Waals surface area contributed by atoms with Crippen LogP contribution in [0.4, 0.5) is 0 Å². The Morgan fingerprint density at radius 2 is 1.38 bits per heavy atom. The molecule has 0 saturated heterocycles. The van der Waals surface area contributed by atoms with E-state index in [0.29, 0.717) is 6.54 Å². The normalized spacial score (nSPS) is 12.8. The second-order valence-corrected chi connectivity index (χ2v) is 7.68. The van der Waals surface area contributed by atoms with Gasteiger partial charge >= 0.3 is 5.97 Å². The number of carbonyl (C=O) groups excluding carboxylic acids is 1. The van der Waals surface area contributed by atoms with Gasteiger partial charge in [-0.15, -0.1) is 0 Å². The van der Waals surface area contributed by atoms with E-state index in [1.165, 1.54) is 44.9 Å². The summed E-state index contributed by atoms with van der Waals surface area (Å²) >= 11 is 0. The molecule has 0 aliphatic heterocycles. The first-order valence-electron chi connectivity index (χ1n) is 8.74. The number of unbranched alkanes of at least 4 members (excludes halogenated alkanes) is 9. The molecule has 1 amide bonds. The van der Waals surface area contributed by atoms with E-state index in [4.69, 9.17) is 9.66 Å². The van der Waals surface area contributed by atoms with Crippen LogP contribution in [-0.2, 0) is 19.7 Å². The Labute approximate surface area is 145 Å². The fourth-order valence-electron chi connectivity index (χ4n) is 2.40. The van der Waals surface area contributed by atoms with Crippen LogP contribution >= 0.6 is 0 Å². The van der Waals surface area contributed by atoms with Gasteiger partial charge in [-0.2, -0.15) is 8.42 Å². The second-order valence-electron chi connectivity index (χ2n) is 6.08. The average molecular weight is 365 g/mol. The molecule has 0 aliphatic carbocycles. The smallest absolute Gasteiger partial charge is 0.324 e. The van der Waals surface area contributed by atoms with Gasteiger partial charge in [-0.1, -0.05) is 64.7 Å². The molecule has 0 fully saturated rings. The number of carboxylic acid groups (broad SMARTS) is 1. The third-order valence-corrected chi connectivity index (χ3v) is 4.95. The summed E-state index contributed by atoms with van der Waals surface area (Å²) in [5.74, 6) is -2.41. The molecule has 0 spiro atoms. The molecule has 0 rings (SSSR count). The maximum Gasteiger partial charge on any atom is 0.324 e. The predicted molar refractivity (Wildman–Crippen MR) is 92.4 cm³/mol. The van der Waals surface area contributed by atoms with E-state index >= 15 is 0 Å². The van der Waals surface area contributed by atoms with Crippen molar-refractivity contribution in [3.8, 4) is 0 Å². The molecule has 8 heteroatoms. The number of amides is 1. The molecule has 0 aromatic heterocycles. The Balaban J connectivity index is 3.64. The molecule has 1 unspecified atom stereocenters. The summed E-state index contributed by atoms with van der Waals surface area (Å²) in [6, 6.07) is 0. The highest BCUT2D eigenvalue weighted by Crippen LogP contribution is 2.10. The third kappa shape index (κ3) is 12.3. The van der Waals surface area contributed by atoms with Crippen LogP contribution in [0, 0.1) is 0 Å². The largest absolute Gasteiger partial charge is 0.480 e. The molecule has 24 heavy (non-hydrogen) atoms. The second kappa shape index (κ2) is 13.2. The molecule has 142 valence electrons. The van der Waals surface area contributed by atoms with E-state index < -0.39 is 33.7 Å². The number of carbonyl (C=O) groups is 2. The zero-order chi connectivity index (χ0) is 18.4. The maximum atomic E-state index is 11.5. The zero-order valence-corrected chi connectivity index (χ0v) is 15.3. The van der Waals surface area contributed by atoms with Crippen LogP contribution in [0.3, 0.4) is 0 Å². The molecule has 1 atom stereocenters. The summed E-state index contributed by atoms with van der Waals surface area (Å²) in [4.78, 5) is 22.2. The van der Waals surface area contributed by atoms with Gasteiger partial charge in [0.2, 0.25) is 5.91 Å². The number of aliphatic carboxylic acids is 1. The van der Waals surface area contributed by atoms with Crippen LogP contribution in [-0.4, -0.2) is 41.7 Å². The Kier molecular flexibility index (Phi) is 12.5. The van der Waals surface area contributed by atoms with E-state index in [1.54, 1.807) is 0 Å². The molecular formula is C16H31NO6S. The van der Waals surface area contributed by atoms with Crippen molar-refractivity contribution < 1.29 is 27.7 Å². The highest BCUT2D eigenvalue weighted by molar-refractivity contribution is 7.87. The Bertz CT molecular complexity index is 463. The van der Waals surface area contributed by atoms with Crippen molar-refractivity contribution in [3.05, 3.63) is 0 Å². The lowest BCUT2D eigenvalue weighted by Gasteiger charge is -2.09. The molecule has 0 heterocycles. The minimum absolute atomic E-state index is 0.382. The first-order chi connectivity index (χ1) is 11.3. The van der Waals surface area contributed by atoms with Crippen LogP contribution in [0.5, 0.6) is 0 Å². The van der Waals surface area contributed by atoms with E-state index in [-0.39, 0.29) is 0 Å². The van der Waals surface area contributed by atoms with Gasteiger partial charge in [0, 0.05) is 6.54 Å². The van der Waals surface area contributed by atoms with Crippen molar-refractivity contribution in [1.82, 2.24) is 5.32 Å². The van der Waals surface area contributed by atoms with Crippen LogP contribution in [0.15, 0.2) is 0 Å². The zero-order valence-electron chi connectivity index (χ0n) is 14.5. The van der Waals surface area contributed by atoms with Crippen LogP contribution in [0.25, 0.3) is 0 Å². The van der Waals surface area contributed by atoms with Gasteiger partial charge in [-0.25, -0.2) is 0 Å². The van der Waals surface area contributed by atoms with Crippen molar-refractivity contribution >= 4 is 22.0 Å².